The number of oxazole rings is 1. The van der Waals surface area contributed by atoms with Gasteiger partial charge >= 0.3 is 0 Å². The van der Waals surface area contributed by atoms with E-state index in [1.807, 2.05) is 13.0 Å². The molecule has 6 nitrogen and oxygen atoms in total. The second-order valence-electron chi connectivity index (χ2n) is 7.16. The van der Waals surface area contributed by atoms with Crippen LogP contribution < -0.4 is 5.32 Å². The number of hydrogen-bond donors (Lipinski definition) is 1. The van der Waals surface area contributed by atoms with Gasteiger partial charge in [-0.05, 0) is 12.5 Å². The molecule has 0 radical (unpaired) electrons. The maximum absolute atomic E-state index is 12.0. The number of carbonyl (C=O) groups excluding carboxylic acids is 1. The van der Waals surface area contributed by atoms with Gasteiger partial charge in [0.25, 0.3) is 5.91 Å². The molecule has 6 heteroatoms. The van der Waals surface area contributed by atoms with Gasteiger partial charge in [-0.15, -0.1) is 0 Å². The van der Waals surface area contributed by atoms with Crippen molar-refractivity contribution in [1.29, 1.82) is 0 Å². The van der Waals surface area contributed by atoms with Crippen molar-refractivity contribution in [2.75, 3.05) is 39.3 Å². The fourth-order valence-electron chi connectivity index (χ4n) is 3.03. The second kappa shape index (κ2) is 10.0. The zero-order valence-electron chi connectivity index (χ0n) is 16.4. The Morgan fingerprint density at radius 2 is 1.93 bits per heavy atom. The maximum atomic E-state index is 12.0. The molecule has 1 aliphatic heterocycles. The van der Waals surface area contributed by atoms with Gasteiger partial charge in [0.05, 0.1) is 6.54 Å². The quantitative estimate of drug-likeness (QED) is 0.714. The van der Waals surface area contributed by atoms with Crippen LogP contribution in [0.5, 0.6) is 0 Å². The molecule has 2 heterocycles. The Morgan fingerprint density at radius 3 is 2.64 bits per heavy atom. The van der Waals surface area contributed by atoms with Crippen molar-refractivity contribution in [2.45, 2.75) is 13.5 Å². The fourth-order valence-corrected chi connectivity index (χ4v) is 3.03. The Hall–Kier alpha value is -2.70. The van der Waals surface area contributed by atoms with Gasteiger partial charge < -0.3 is 9.73 Å². The molecule has 0 spiro atoms. The van der Waals surface area contributed by atoms with E-state index in [4.69, 9.17) is 4.42 Å². The van der Waals surface area contributed by atoms with Crippen molar-refractivity contribution < 1.29 is 9.21 Å². The standard InChI is InChI=1S/C22H28N4O2/c1-18(2)15-23-22(27)20-17-28-21(24-20)16-26-13-11-25(12-14-26)10-6-9-19-7-4-3-5-8-19/h3-9,17H,1,10-16H2,2H3,(H,23,27). The largest absolute Gasteiger partial charge is 0.447 e. The lowest BCUT2D eigenvalue weighted by Crippen LogP contribution is -2.45. The number of hydrogen-bond acceptors (Lipinski definition) is 5. The third kappa shape index (κ3) is 6.18. The third-order valence-electron chi connectivity index (χ3n) is 4.63. The van der Waals surface area contributed by atoms with E-state index in [0.29, 0.717) is 24.7 Å². The molecule has 1 aromatic heterocycles. The van der Waals surface area contributed by atoms with E-state index in [2.05, 4.69) is 63.1 Å². The van der Waals surface area contributed by atoms with Crippen molar-refractivity contribution in [2.24, 2.45) is 0 Å². The van der Waals surface area contributed by atoms with Gasteiger partial charge in [-0.3, -0.25) is 14.6 Å². The number of nitrogens with zero attached hydrogens (tertiary/aromatic N) is 3. The van der Waals surface area contributed by atoms with E-state index >= 15 is 0 Å². The van der Waals surface area contributed by atoms with Crippen LogP contribution in [0.2, 0.25) is 0 Å². The van der Waals surface area contributed by atoms with Gasteiger partial charge in [0, 0.05) is 39.3 Å². The topological polar surface area (TPSA) is 61.6 Å². The molecule has 0 atom stereocenters. The fraction of sp³-hybridized carbons (Fsp3) is 0.364. The van der Waals surface area contributed by atoms with Crippen LogP contribution in [0, 0.1) is 0 Å². The highest BCUT2D eigenvalue weighted by Crippen LogP contribution is 2.10. The van der Waals surface area contributed by atoms with E-state index in [0.717, 1.165) is 38.3 Å². The minimum atomic E-state index is -0.229. The smallest absolute Gasteiger partial charge is 0.273 e. The summed E-state index contributed by atoms with van der Waals surface area (Å²) in [7, 11) is 0. The Morgan fingerprint density at radius 1 is 1.21 bits per heavy atom. The van der Waals surface area contributed by atoms with Gasteiger partial charge in [-0.25, -0.2) is 4.98 Å². The number of nitrogens with one attached hydrogen (secondary N) is 1. The SMILES string of the molecule is C=C(C)CNC(=O)c1coc(CN2CCN(CC=Cc3ccccc3)CC2)n1. The molecule has 28 heavy (non-hydrogen) atoms. The first kappa shape index (κ1) is 20.0. The molecular weight excluding hydrogens is 352 g/mol. The van der Waals surface area contributed by atoms with Crippen LogP contribution in [-0.4, -0.2) is 60.0 Å². The number of benzene rings is 1. The van der Waals surface area contributed by atoms with E-state index in [-0.39, 0.29) is 5.91 Å². The van der Waals surface area contributed by atoms with Crippen LogP contribution >= 0.6 is 0 Å². The molecule has 3 rings (SSSR count). The molecule has 0 aliphatic carbocycles. The predicted molar refractivity (Wildman–Crippen MR) is 111 cm³/mol. The maximum Gasteiger partial charge on any atom is 0.273 e. The molecule has 0 saturated carbocycles. The average molecular weight is 380 g/mol. The number of amides is 1. The van der Waals surface area contributed by atoms with Crippen molar-refractivity contribution >= 4 is 12.0 Å². The normalized spacial score (nSPS) is 15.8. The van der Waals surface area contributed by atoms with Crippen LogP contribution in [0.3, 0.4) is 0 Å². The minimum absolute atomic E-state index is 0.229. The van der Waals surface area contributed by atoms with Crippen LogP contribution in [0.15, 0.2) is 59.2 Å². The van der Waals surface area contributed by atoms with Crippen LogP contribution in [-0.2, 0) is 6.54 Å². The Balaban J connectivity index is 1.40. The number of piperazine rings is 1. The van der Waals surface area contributed by atoms with Gasteiger partial charge in [-0.2, -0.15) is 0 Å². The zero-order valence-corrected chi connectivity index (χ0v) is 16.4. The van der Waals surface area contributed by atoms with Gasteiger partial charge in [0.15, 0.2) is 5.69 Å². The van der Waals surface area contributed by atoms with Crippen LogP contribution in [0.1, 0.15) is 28.9 Å². The molecule has 1 saturated heterocycles. The molecule has 1 N–H and O–H groups in total. The molecule has 148 valence electrons. The molecule has 1 aliphatic rings. The summed E-state index contributed by atoms with van der Waals surface area (Å²) < 4.78 is 5.48. The Bertz CT molecular complexity index is 805. The van der Waals surface area contributed by atoms with Gasteiger partial charge in [0.1, 0.15) is 6.26 Å². The van der Waals surface area contributed by atoms with E-state index < -0.39 is 0 Å². The van der Waals surface area contributed by atoms with Gasteiger partial charge in [0.2, 0.25) is 5.89 Å². The zero-order chi connectivity index (χ0) is 19.8. The first-order chi connectivity index (χ1) is 13.6. The summed E-state index contributed by atoms with van der Waals surface area (Å²) in [6, 6.07) is 10.4. The summed E-state index contributed by atoms with van der Waals surface area (Å²) in [6.45, 7) is 11.6. The molecule has 0 bridgehead atoms. The minimum Gasteiger partial charge on any atom is -0.447 e. The van der Waals surface area contributed by atoms with Crippen molar-refractivity contribution in [3.05, 3.63) is 72.0 Å². The van der Waals surface area contributed by atoms with Crippen LogP contribution in [0.25, 0.3) is 6.08 Å². The summed E-state index contributed by atoms with van der Waals surface area (Å²) >= 11 is 0. The lowest BCUT2D eigenvalue weighted by Gasteiger charge is -2.33. The molecule has 1 aromatic carbocycles. The summed E-state index contributed by atoms with van der Waals surface area (Å²) in [5, 5.41) is 2.76. The van der Waals surface area contributed by atoms with E-state index in [9.17, 15) is 4.79 Å². The molecule has 2 aromatic rings. The summed E-state index contributed by atoms with van der Waals surface area (Å²) in [4.78, 5) is 21.0. The average Bonchev–Trinajstić information content (AvgIpc) is 3.17. The monoisotopic (exact) mass is 380 g/mol. The van der Waals surface area contributed by atoms with Crippen LogP contribution in [0.4, 0.5) is 0 Å². The van der Waals surface area contributed by atoms with Gasteiger partial charge in [-0.1, -0.05) is 54.6 Å². The summed E-state index contributed by atoms with van der Waals surface area (Å²) in [5.74, 6) is 0.353. The first-order valence-corrected chi connectivity index (χ1v) is 9.63. The van der Waals surface area contributed by atoms with Crippen molar-refractivity contribution in [1.82, 2.24) is 20.1 Å². The Kier molecular flexibility index (Phi) is 7.17. The summed E-state index contributed by atoms with van der Waals surface area (Å²) in [6.07, 6.45) is 5.81. The highest BCUT2D eigenvalue weighted by Gasteiger charge is 2.19. The highest BCUT2D eigenvalue weighted by atomic mass is 16.3. The lowest BCUT2D eigenvalue weighted by molar-refractivity contribution is 0.0951. The first-order valence-electron chi connectivity index (χ1n) is 9.63. The van der Waals surface area contributed by atoms with Crippen molar-refractivity contribution in [3.8, 4) is 0 Å². The molecular formula is C22H28N4O2. The van der Waals surface area contributed by atoms with E-state index in [1.165, 1.54) is 11.8 Å². The molecule has 0 unspecified atom stereocenters. The summed E-state index contributed by atoms with van der Waals surface area (Å²) in [5.41, 5.74) is 2.45. The highest BCUT2D eigenvalue weighted by molar-refractivity contribution is 5.92. The number of rotatable bonds is 8. The third-order valence-corrected chi connectivity index (χ3v) is 4.63. The molecule has 1 fully saturated rings. The second-order valence-corrected chi connectivity index (χ2v) is 7.16. The lowest BCUT2D eigenvalue weighted by atomic mass is 10.2. The van der Waals surface area contributed by atoms with Crippen molar-refractivity contribution in [3.63, 3.8) is 0 Å². The predicted octanol–water partition coefficient (Wildman–Crippen LogP) is 2.81. The number of carbonyl (C=O) groups is 1. The molecule has 1 amide bonds. The van der Waals surface area contributed by atoms with E-state index in [1.54, 1.807) is 0 Å². The Labute approximate surface area is 166 Å². The number of aromatic nitrogens is 1.